The quantitative estimate of drug-likeness (QED) is 0.926. The van der Waals surface area contributed by atoms with Gasteiger partial charge in [0, 0.05) is 18.2 Å². The molecule has 2 aliphatic rings. The molecule has 2 aliphatic carbocycles. The van der Waals surface area contributed by atoms with Crippen LogP contribution in [0.2, 0.25) is 0 Å². The van der Waals surface area contributed by atoms with E-state index >= 15 is 0 Å². The molecule has 0 aliphatic heterocycles. The number of hydrogen-bond acceptors (Lipinski definition) is 3. The van der Waals surface area contributed by atoms with Crippen molar-refractivity contribution in [1.82, 2.24) is 4.90 Å². The average molecular weight is 293 g/mol. The van der Waals surface area contributed by atoms with Crippen LogP contribution in [0.5, 0.6) is 5.75 Å². The minimum atomic E-state index is -0.250. The Morgan fingerprint density at radius 3 is 2.52 bits per heavy atom. The number of halogens is 1. The van der Waals surface area contributed by atoms with E-state index < -0.39 is 0 Å². The Balaban J connectivity index is 1.64. The topological polar surface area (TPSA) is 32.7 Å². The molecule has 0 bridgehead atoms. The predicted octanol–water partition coefficient (Wildman–Crippen LogP) is 2.82. The van der Waals surface area contributed by atoms with Crippen molar-refractivity contribution in [3.63, 3.8) is 0 Å². The smallest absolute Gasteiger partial charge is 0.169 e. The molecule has 0 aromatic heterocycles. The summed E-state index contributed by atoms with van der Waals surface area (Å²) < 4.78 is 19.3. The van der Waals surface area contributed by atoms with Crippen molar-refractivity contribution in [3.05, 3.63) is 29.6 Å². The van der Waals surface area contributed by atoms with Crippen molar-refractivity contribution in [1.29, 1.82) is 0 Å². The van der Waals surface area contributed by atoms with Gasteiger partial charge in [-0.1, -0.05) is 12.1 Å². The van der Waals surface area contributed by atoms with Crippen molar-refractivity contribution in [2.24, 2.45) is 11.8 Å². The van der Waals surface area contributed by atoms with Gasteiger partial charge in [0.15, 0.2) is 11.6 Å². The highest BCUT2D eigenvalue weighted by atomic mass is 19.1. The number of aliphatic hydroxyl groups excluding tert-OH is 1. The highest BCUT2D eigenvalue weighted by Crippen LogP contribution is 2.45. The van der Waals surface area contributed by atoms with E-state index in [0.717, 1.165) is 25.7 Å². The minimum absolute atomic E-state index is 0.0953. The van der Waals surface area contributed by atoms with E-state index in [-0.39, 0.29) is 11.9 Å². The molecule has 0 saturated heterocycles. The zero-order valence-corrected chi connectivity index (χ0v) is 12.8. The third-order valence-corrected chi connectivity index (χ3v) is 5.27. The van der Waals surface area contributed by atoms with Crippen LogP contribution >= 0.6 is 0 Å². The molecule has 0 amide bonds. The normalized spacial score (nSPS) is 31.7. The fraction of sp³-hybridized carbons (Fsp3) is 0.647. The van der Waals surface area contributed by atoms with Gasteiger partial charge in [0.25, 0.3) is 0 Å². The fourth-order valence-corrected chi connectivity index (χ4v) is 4.15. The van der Waals surface area contributed by atoms with Gasteiger partial charge in [-0.2, -0.15) is 0 Å². The average Bonchev–Trinajstić information content (AvgIpc) is 2.98. The Bertz CT molecular complexity index is 494. The van der Waals surface area contributed by atoms with Gasteiger partial charge >= 0.3 is 0 Å². The molecule has 3 nitrogen and oxygen atoms in total. The first-order valence-electron chi connectivity index (χ1n) is 7.78. The van der Waals surface area contributed by atoms with Crippen LogP contribution in [0, 0.1) is 17.7 Å². The van der Waals surface area contributed by atoms with Gasteiger partial charge in [-0.25, -0.2) is 4.39 Å². The van der Waals surface area contributed by atoms with Crippen molar-refractivity contribution < 1.29 is 14.2 Å². The van der Waals surface area contributed by atoms with Gasteiger partial charge < -0.3 is 9.84 Å². The zero-order valence-electron chi connectivity index (χ0n) is 12.8. The van der Waals surface area contributed by atoms with Gasteiger partial charge in [0.2, 0.25) is 0 Å². The number of fused-ring (bicyclic) bond motifs is 1. The van der Waals surface area contributed by atoms with E-state index in [1.165, 1.54) is 7.11 Å². The Morgan fingerprint density at radius 1 is 1.24 bits per heavy atom. The van der Waals surface area contributed by atoms with E-state index in [2.05, 4.69) is 11.9 Å². The largest absolute Gasteiger partial charge is 0.494 e. The highest BCUT2D eigenvalue weighted by Gasteiger charge is 2.42. The number of nitrogens with zero attached hydrogens (tertiary/aromatic N) is 1. The molecular formula is C17H24FNO2. The molecule has 2 fully saturated rings. The Kier molecular flexibility index (Phi) is 4.18. The second-order valence-corrected chi connectivity index (χ2v) is 6.62. The molecule has 3 rings (SSSR count). The molecule has 4 heteroatoms. The molecular weight excluding hydrogens is 269 g/mol. The van der Waals surface area contributed by atoms with Crippen LogP contribution in [-0.4, -0.2) is 36.3 Å². The highest BCUT2D eigenvalue weighted by molar-refractivity contribution is 5.31. The first-order valence-corrected chi connectivity index (χ1v) is 7.78. The molecule has 0 radical (unpaired) electrons. The number of rotatable bonds is 4. The van der Waals surface area contributed by atoms with Crippen LogP contribution in [0.1, 0.15) is 31.2 Å². The van der Waals surface area contributed by atoms with Crippen LogP contribution in [0.25, 0.3) is 0 Å². The standard InChI is InChI=1S/C17H24FNO2/c1-19(10-11-4-3-5-16(21-2)17(11)18)14-6-12-8-15(20)9-13(12)7-14/h3-5,12-15,20H,6-10H2,1-2H3/t12-,13+,14?,15?. The van der Waals surface area contributed by atoms with E-state index in [1.807, 2.05) is 12.1 Å². The summed E-state index contributed by atoms with van der Waals surface area (Å²) in [6.45, 7) is 0.607. The van der Waals surface area contributed by atoms with Crippen LogP contribution in [0.4, 0.5) is 4.39 Å². The summed E-state index contributed by atoms with van der Waals surface area (Å²) in [5.74, 6) is 1.37. The first kappa shape index (κ1) is 14.8. The van der Waals surface area contributed by atoms with Crippen LogP contribution in [0.15, 0.2) is 18.2 Å². The maximum absolute atomic E-state index is 14.2. The van der Waals surface area contributed by atoms with Crippen LogP contribution < -0.4 is 4.74 Å². The molecule has 116 valence electrons. The molecule has 4 atom stereocenters. The van der Waals surface area contributed by atoms with Gasteiger partial charge in [-0.05, 0) is 50.6 Å². The summed E-state index contributed by atoms with van der Waals surface area (Å²) in [5, 5.41) is 9.71. The Labute approximate surface area is 125 Å². The molecule has 21 heavy (non-hydrogen) atoms. The lowest BCUT2D eigenvalue weighted by atomic mass is 10.0. The lowest BCUT2D eigenvalue weighted by Gasteiger charge is -2.25. The minimum Gasteiger partial charge on any atom is -0.494 e. The second kappa shape index (κ2) is 5.93. The van der Waals surface area contributed by atoms with Gasteiger partial charge in [-0.3, -0.25) is 4.90 Å². The molecule has 1 aromatic rings. The SMILES string of the molecule is COc1cccc(CN(C)C2C[C@H]3CC(O)C[C@H]3C2)c1F. The van der Waals surface area contributed by atoms with Crippen molar-refractivity contribution in [2.75, 3.05) is 14.2 Å². The summed E-state index contributed by atoms with van der Waals surface area (Å²) >= 11 is 0. The first-order chi connectivity index (χ1) is 10.1. The molecule has 1 aromatic carbocycles. The van der Waals surface area contributed by atoms with Crippen molar-refractivity contribution in [3.8, 4) is 5.75 Å². The summed E-state index contributed by atoms with van der Waals surface area (Å²) in [6, 6.07) is 5.82. The monoisotopic (exact) mass is 293 g/mol. The number of ether oxygens (including phenoxy) is 1. The third kappa shape index (κ3) is 2.92. The Morgan fingerprint density at radius 2 is 1.90 bits per heavy atom. The lowest BCUT2D eigenvalue weighted by Crippen LogP contribution is -2.30. The lowest BCUT2D eigenvalue weighted by molar-refractivity contribution is 0.157. The predicted molar refractivity (Wildman–Crippen MR) is 79.7 cm³/mol. The van der Waals surface area contributed by atoms with Crippen LogP contribution in [0.3, 0.4) is 0 Å². The van der Waals surface area contributed by atoms with Crippen molar-refractivity contribution >= 4 is 0 Å². The zero-order chi connectivity index (χ0) is 15.0. The van der Waals surface area contributed by atoms with E-state index in [9.17, 15) is 9.50 Å². The summed E-state index contributed by atoms with van der Waals surface area (Å²) in [5.41, 5.74) is 0.689. The summed E-state index contributed by atoms with van der Waals surface area (Å²) in [7, 11) is 3.57. The molecule has 2 unspecified atom stereocenters. The van der Waals surface area contributed by atoms with Gasteiger partial charge in [0.1, 0.15) is 0 Å². The second-order valence-electron chi connectivity index (χ2n) is 6.62. The van der Waals surface area contributed by atoms with E-state index in [0.29, 0.717) is 35.7 Å². The van der Waals surface area contributed by atoms with E-state index in [4.69, 9.17) is 4.74 Å². The fourth-order valence-electron chi connectivity index (χ4n) is 4.15. The number of aliphatic hydroxyl groups is 1. The summed E-state index contributed by atoms with van der Waals surface area (Å²) in [4.78, 5) is 2.25. The molecule has 0 spiro atoms. The molecule has 2 saturated carbocycles. The maximum Gasteiger partial charge on any atom is 0.169 e. The van der Waals surface area contributed by atoms with E-state index in [1.54, 1.807) is 6.07 Å². The third-order valence-electron chi connectivity index (χ3n) is 5.27. The number of hydrogen-bond donors (Lipinski definition) is 1. The molecule has 0 heterocycles. The van der Waals surface area contributed by atoms with Crippen molar-refractivity contribution in [2.45, 2.75) is 44.4 Å². The number of benzene rings is 1. The Hall–Kier alpha value is -1.13. The molecule has 1 N–H and O–H groups in total. The van der Waals surface area contributed by atoms with Gasteiger partial charge in [-0.15, -0.1) is 0 Å². The maximum atomic E-state index is 14.2. The number of methoxy groups -OCH3 is 1. The summed E-state index contributed by atoms with van der Waals surface area (Å²) in [6.07, 6.45) is 4.06. The van der Waals surface area contributed by atoms with Crippen LogP contribution in [-0.2, 0) is 6.54 Å². The van der Waals surface area contributed by atoms with Gasteiger partial charge in [0.05, 0.1) is 13.2 Å².